The lowest BCUT2D eigenvalue weighted by Crippen LogP contribution is -2.52. The molecule has 2 N–H and O–H groups in total. The highest BCUT2D eigenvalue weighted by atomic mass is 32.2. The fourth-order valence-electron chi connectivity index (χ4n) is 7.56. The third kappa shape index (κ3) is 3.44. The summed E-state index contributed by atoms with van der Waals surface area (Å²) in [4.78, 5) is 4.64. The van der Waals surface area contributed by atoms with Crippen molar-refractivity contribution < 1.29 is 10.2 Å². The number of fused-ring (bicyclic) bond motifs is 5. The molecule has 6 atom stereocenters. The molecule has 0 amide bonds. The molecule has 176 valence electrons. The summed E-state index contributed by atoms with van der Waals surface area (Å²) in [6, 6.07) is 4.27. The SMILES string of the molecule is Cc1cc(C)c(C#N)c(SCC2(O)CCC3C4=CC=C5CC(O)CCC5(C)C4CCC32C)n1. The summed E-state index contributed by atoms with van der Waals surface area (Å²) in [6.07, 6.45) is 11.1. The first-order valence-electron chi connectivity index (χ1n) is 12.4. The van der Waals surface area contributed by atoms with Gasteiger partial charge in [0.25, 0.3) is 0 Å². The molecule has 5 rings (SSSR count). The first-order chi connectivity index (χ1) is 15.6. The fraction of sp³-hybridized carbons (Fsp3) is 0.643. The number of hydrogen-bond acceptors (Lipinski definition) is 5. The van der Waals surface area contributed by atoms with E-state index in [0.717, 1.165) is 61.2 Å². The monoisotopic (exact) mass is 464 g/mol. The highest BCUT2D eigenvalue weighted by Crippen LogP contribution is 2.66. The van der Waals surface area contributed by atoms with Crippen molar-refractivity contribution in [2.45, 2.75) is 89.4 Å². The molecule has 0 bridgehead atoms. The van der Waals surface area contributed by atoms with Gasteiger partial charge in [-0.25, -0.2) is 4.98 Å². The molecule has 0 aromatic carbocycles. The third-order valence-corrected chi connectivity index (χ3v) is 10.9. The summed E-state index contributed by atoms with van der Waals surface area (Å²) < 4.78 is 0. The van der Waals surface area contributed by atoms with Crippen LogP contribution in [0.15, 0.2) is 34.4 Å². The number of pyridine rings is 1. The Hall–Kier alpha value is -1.61. The number of nitrogens with zero attached hydrogens (tertiary/aromatic N) is 2. The van der Waals surface area contributed by atoms with E-state index < -0.39 is 5.60 Å². The largest absolute Gasteiger partial charge is 0.393 e. The van der Waals surface area contributed by atoms with Gasteiger partial charge in [-0.3, -0.25) is 0 Å². The second-order valence-corrected chi connectivity index (χ2v) is 12.4. The summed E-state index contributed by atoms with van der Waals surface area (Å²) in [5.74, 6) is 1.50. The molecular formula is C28H36N2O2S. The minimum Gasteiger partial charge on any atom is -0.393 e. The van der Waals surface area contributed by atoms with Gasteiger partial charge in [0.05, 0.1) is 17.3 Å². The Bertz CT molecular complexity index is 1090. The lowest BCUT2D eigenvalue weighted by molar-refractivity contribution is -0.0678. The Labute approximate surface area is 202 Å². The molecule has 1 aromatic heterocycles. The smallest absolute Gasteiger partial charge is 0.114 e. The van der Waals surface area contributed by atoms with E-state index in [-0.39, 0.29) is 16.9 Å². The molecular weight excluding hydrogens is 428 g/mol. The second kappa shape index (κ2) is 7.97. The van der Waals surface area contributed by atoms with Crippen LogP contribution in [0.1, 0.15) is 75.6 Å². The number of hydrogen-bond donors (Lipinski definition) is 2. The van der Waals surface area contributed by atoms with Crippen LogP contribution in [0.5, 0.6) is 0 Å². The number of allylic oxidation sites excluding steroid dienone is 3. The number of rotatable bonds is 3. The highest BCUT2D eigenvalue weighted by Gasteiger charge is 2.61. The van der Waals surface area contributed by atoms with E-state index in [1.807, 2.05) is 19.9 Å². The molecule has 0 aliphatic heterocycles. The van der Waals surface area contributed by atoms with Crippen LogP contribution in [0, 0.1) is 47.8 Å². The van der Waals surface area contributed by atoms with Gasteiger partial charge in [-0.15, -0.1) is 11.8 Å². The van der Waals surface area contributed by atoms with Crippen LogP contribution in [-0.4, -0.2) is 32.7 Å². The quantitative estimate of drug-likeness (QED) is 0.566. The van der Waals surface area contributed by atoms with Crippen LogP contribution in [0.25, 0.3) is 0 Å². The highest BCUT2D eigenvalue weighted by molar-refractivity contribution is 7.99. The molecule has 4 aliphatic carbocycles. The zero-order chi connectivity index (χ0) is 23.6. The van der Waals surface area contributed by atoms with E-state index >= 15 is 0 Å². The summed E-state index contributed by atoms with van der Waals surface area (Å²) in [5, 5.41) is 32.7. The van der Waals surface area contributed by atoms with Crippen molar-refractivity contribution in [2.24, 2.45) is 22.7 Å². The average molecular weight is 465 g/mol. The maximum atomic E-state index is 12.0. The molecule has 0 radical (unpaired) electrons. The maximum absolute atomic E-state index is 12.0. The number of aliphatic hydroxyl groups excluding tert-OH is 1. The third-order valence-electron chi connectivity index (χ3n) is 9.74. The van der Waals surface area contributed by atoms with Crippen molar-refractivity contribution in [1.82, 2.24) is 4.98 Å². The molecule has 3 saturated carbocycles. The maximum Gasteiger partial charge on any atom is 0.114 e. The average Bonchev–Trinajstić information content (AvgIpc) is 3.03. The van der Waals surface area contributed by atoms with Crippen molar-refractivity contribution in [3.63, 3.8) is 0 Å². The van der Waals surface area contributed by atoms with Gasteiger partial charge in [0.15, 0.2) is 0 Å². The summed E-state index contributed by atoms with van der Waals surface area (Å²) in [6.45, 7) is 8.64. The molecule has 0 spiro atoms. The normalized spacial score (nSPS) is 39.6. The van der Waals surface area contributed by atoms with Crippen LogP contribution in [0.3, 0.4) is 0 Å². The molecule has 1 heterocycles. The van der Waals surface area contributed by atoms with Gasteiger partial charge in [-0.2, -0.15) is 5.26 Å². The van der Waals surface area contributed by atoms with Crippen LogP contribution in [0.4, 0.5) is 0 Å². The van der Waals surface area contributed by atoms with Crippen molar-refractivity contribution in [3.8, 4) is 6.07 Å². The lowest BCUT2D eigenvalue weighted by Gasteiger charge is -2.56. The van der Waals surface area contributed by atoms with Gasteiger partial charge >= 0.3 is 0 Å². The summed E-state index contributed by atoms with van der Waals surface area (Å²) in [5.41, 5.74) is 4.69. The number of aromatic nitrogens is 1. The predicted octanol–water partition coefficient (Wildman–Crippen LogP) is 5.64. The summed E-state index contributed by atoms with van der Waals surface area (Å²) in [7, 11) is 0. The first-order valence-corrected chi connectivity index (χ1v) is 13.4. The number of nitriles is 1. The van der Waals surface area contributed by atoms with E-state index in [1.54, 1.807) is 11.8 Å². The topological polar surface area (TPSA) is 77.1 Å². The molecule has 33 heavy (non-hydrogen) atoms. The van der Waals surface area contributed by atoms with E-state index in [1.165, 1.54) is 11.1 Å². The molecule has 1 aromatic rings. The first kappa shape index (κ1) is 23.1. The number of aliphatic hydroxyl groups is 2. The Morgan fingerprint density at radius 2 is 1.88 bits per heavy atom. The van der Waals surface area contributed by atoms with E-state index in [9.17, 15) is 15.5 Å². The standard InChI is InChI=1S/C28H36N2O2S/c1-17-13-18(2)30-25(22(17)15-29)33-16-28(32)12-9-24-21-6-5-19-14-20(31)7-10-26(19,3)23(21)8-11-27(24,28)4/h5-6,13,20,23-24,31-32H,7-12,14,16H2,1-4H3. The minimum atomic E-state index is -0.770. The molecule has 4 nitrogen and oxygen atoms in total. The van der Waals surface area contributed by atoms with Crippen molar-refractivity contribution >= 4 is 11.8 Å². The Kier molecular flexibility index (Phi) is 5.59. The fourth-order valence-corrected chi connectivity index (χ4v) is 8.97. The Balaban J connectivity index is 1.42. The Morgan fingerprint density at radius 3 is 2.64 bits per heavy atom. The zero-order valence-corrected chi connectivity index (χ0v) is 21.1. The van der Waals surface area contributed by atoms with Gasteiger partial charge in [-0.05, 0) is 87.7 Å². The van der Waals surface area contributed by atoms with Gasteiger partial charge in [0.2, 0.25) is 0 Å². The number of thioether (sulfide) groups is 1. The van der Waals surface area contributed by atoms with Gasteiger partial charge < -0.3 is 10.2 Å². The van der Waals surface area contributed by atoms with Crippen LogP contribution in [0.2, 0.25) is 0 Å². The molecule has 4 aliphatic rings. The van der Waals surface area contributed by atoms with E-state index in [0.29, 0.717) is 23.2 Å². The van der Waals surface area contributed by atoms with Crippen molar-refractivity contribution in [3.05, 3.63) is 46.2 Å². The van der Waals surface area contributed by atoms with E-state index in [2.05, 4.69) is 37.1 Å². The van der Waals surface area contributed by atoms with Crippen LogP contribution < -0.4 is 0 Å². The number of aryl methyl sites for hydroxylation is 2. The van der Waals surface area contributed by atoms with Crippen LogP contribution in [-0.2, 0) is 0 Å². The van der Waals surface area contributed by atoms with Gasteiger partial charge in [0.1, 0.15) is 11.1 Å². The van der Waals surface area contributed by atoms with Gasteiger partial charge in [-0.1, -0.05) is 37.1 Å². The minimum absolute atomic E-state index is 0.158. The molecule has 3 fully saturated rings. The zero-order valence-electron chi connectivity index (χ0n) is 20.3. The molecule has 6 unspecified atom stereocenters. The molecule has 5 heteroatoms. The second-order valence-electron chi connectivity index (χ2n) is 11.5. The Morgan fingerprint density at radius 1 is 1.12 bits per heavy atom. The predicted molar refractivity (Wildman–Crippen MR) is 132 cm³/mol. The van der Waals surface area contributed by atoms with Crippen molar-refractivity contribution in [2.75, 3.05) is 5.75 Å². The van der Waals surface area contributed by atoms with Gasteiger partial charge in [0, 0.05) is 16.9 Å². The van der Waals surface area contributed by atoms with E-state index in [4.69, 9.17) is 0 Å². The summed E-state index contributed by atoms with van der Waals surface area (Å²) >= 11 is 1.55. The van der Waals surface area contributed by atoms with Crippen LogP contribution >= 0.6 is 11.8 Å². The van der Waals surface area contributed by atoms with Crippen molar-refractivity contribution in [1.29, 1.82) is 5.26 Å². The lowest BCUT2D eigenvalue weighted by atomic mass is 9.50. The molecule has 0 saturated heterocycles.